The fourth-order valence-corrected chi connectivity index (χ4v) is 4.40. The van der Waals surface area contributed by atoms with E-state index in [1.807, 2.05) is 36.4 Å². The largest absolute Gasteiger partial charge is 0.445 e. The Morgan fingerprint density at radius 2 is 1.86 bits per heavy atom. The number of nitrogens with zero attached hydrogens (tertiary/aromatic N) is 1. The van der Waals surface area contributed by atoms with Crippen LogP contribution in [0.25, 0.3) is 5.57 Å². The van der Waals surface area contributed by atoms with Gasteiger partial charge in [-0.15, -0.1) is 0 Å². The summed E-state index contributed by atoms with van der Waals surface area (Å²) >= 11 is 0. The van der Waals surface area contributed by atoms with Crippen LogP contribution in [0.4, 0.5) is 18.0 Å². The Bertz CT molecular complexity index is 937. The van der Waals surface area contributed by atoms with Crippen molar-refractivity contribution < 1.29 is 22.7 Å². The molecule has 1 amide bonds. The first-order valence-corrected chi connectivity index (χ1v) is 9.71. The Morgan fingerprint density at radius 1 is 1.10 bits per heavy atom. The summed E-state index contributed by atoms with van der Waals surface area (Å²) in [5.41, 5.74) is 2.06. The van der Waals surface area contributed by atoms with Gasteiger partial charge in [0.15, 0.2) is 0 Å². The van der Waals surface area contributed by atoms with Gasteiger partial charge in [-0.2, -0.15) is 13.2 Å². The second-order valence-corrected chi connectivity index (χ2v) is 7.62. The summed E-state index contributed by atoms with van der Waals surface area (Å²) in [6.45, 7) is 1.72. The normalized spacial score (nSPS) is 21.1. The Labute approximate surface area is 167 Å². The van der Waals surface area contributed by atoms with Gasteiger partial charge in [0.25, 0.3) is 0 Å². The number of amides is 1. The maximum atomic E-state index is 13.3. The van der Waals surface area contributed by atoms with Gasteiger partial charge in [0, 0.05) is 6.04 Å². The van der Waals surface area contributed by atoms with Gasteiger partial charge in [0.2, 0.25) is 0 Å². The molecular formula is C23H22F3NO2. The zero-order valence-electron chi connectivity index (χ0n) is 16.1. The number of alkyl halides is 3. The highest BCUT2D eigenvalue weighted by Gasteiger charge is 2.41. The van der Waals surface area contributed by atoms with Crippen molar-refractivity contribution in [1.82, 2.24) is 4.90 Å². The molecule has 152 valence electrons. The molecule has 0 N–H and O–H groups in total. The molecule has 3 nitrogen and oxygen atoms in total. The topological polar surface area (TPSA) is 29.5 Å². The third-order valence-corrected chi connectivity index (χ3v) is 5.80. The molecule has 2 heterocycles. The monoisotopic (exact) mass is 401 g/mol. The summed E-state index contributed by atoms with van der Waals surface area (Å²) < 4.78 is 45.3. The van der Waals surface area contributed by atoms with E-state index in [1.54, 1.807) is 11.0 Å². The number of carbonyl (C=O) groups is 1. The molecule has 0 aromatic heterocycles. The molecular weight excluding hydrogens is 379 g/mol. The van der Waals surface area contributed by atoms with Crippen LogP contribution in [0.1, 0.15) is 41.5 Å². The van der Waals surface area contributed by atoms with Crippen molar-refractivity contribution in [2.75, 3.05) is 0 Å². The first-order chi connectivity index (χ1) is 13.8. The van der Waals surface area contributed by atoms with Crippen molar-refractivity contribution in [3.05, 3.63) is 76.9 Å². The van der Waals surface area contributed by atoms with Crippen LogP contribution in [-0.2, 0) is 17.5 Å². The predicted octanol–water partition coefficient (Wildman–Crippen LogP) is 5.97. The molecule has 2 unspecified atom stereocenters. The summed E-state index contributed by atoms with van der Waals surface area (Å²) in [5, 5.41) is 0. The van der Waals surface area contributed by atoms with Crippen molar-refractivity contribution >= 4 is 11.7 Å². The van der Waals surface area contributed by atoms with E-state index >= 15 is 0 Å². The Balaban J connectivity index is 1.53. The second-order valence-electron chi connectivity index (χ2n) is 7.62. The molecule has 0 spiro atoms. The molecule has 4 rings (SSSR count). The first-order valence-electron chi connectivity index (χ1n) is 9.71. The summed E-state index contributed by atoms with van der Waals surface area (Å²) in [5.74, 6) is 0. The fraction of sp³-hybridized carbons (Fsp3) is 0.348. The van der Waals surface area contributed by atoms with Crippen molar-refractivity contribution in [3.63, 3.8) is 0 Å². The van der Waals surface area contributed by atoms with Crippen LogP contribution in [0.5, 0.6) is 0 Å². The van der Waals surface area contributed by atoms with Gasteiger partial charge in [0.05, 0.1) is 11.6 Å². The lowest BCUT2D eigenvalue weighted by Crippen LogP contribution is -2.43. The summed E-state index contributed by atoms with van der Waals surface area (Å²) in [6.07, 6.45) is -0.635. The van der Waals surface area contributed by atoms with Gasteiger partial charge in [-0.1, -0.05) is 48.5 Å². The molecule has 1 fully saturated rings. The summed E-state index contributed by atoms with van der Waals surface area (Å²) in [6, 6.07) is 13.6. The van der Waals surface area contributed by atoms with Crippen LogP contribution in [0, 0.1) is 6.92 Å². The molecule has 2 aliphatic rings. The molecule has 6 heteroatoms. The highest BCUT2D eigenvalue weighted by molar-refractivity contribution is 5.76. The van der Waals surface area contributed by atoms with Crippen molar-refractivity contribution in [2.24, 2.45) is 0 Å². The minimum Gasteiger partial charge on any atom is -0.445 e. The molecule has 2 atom stereocenters. The number of hydrogen-bond donors (Lipinski definition) is 0. The van der Waals surface area contributed by atoms with Gasteiger partial charge in [-0.25, -0.2) is 4.79 Å². The van der Waals surface area contributed by atoms with E-state index in [0.29, 0.717) is 12.0 Å². The molecule has 29 heavy (non-hydrogen) atoms. The molecule has 0 saturated carbocycles. The van der Waals surface area contributed by atoms with Crippen LogP contribution in [-0.4, -0.2) is 23.1 Å². The van der Waals surface area contributed by atoms with Crippen LogP contribution in [0.2, 0.25) is 0 Å². The average Bonchev–Trinajstić information content (AvgIpc) is 2.96. The quantitative estimate of drug-likeness (QED) is 0.634. The van der Waals surface area contributed by atoms with Crippen LogP contribution >= 0.6 is 0 Å². The molecule has 2 aromatic carbocycles. The van der Waals surface area contributed by atoms with Crippen molar-refractivity contribution in [3.8, 4) is 0 Å². The van der Waals surface area contributed by atoms with Crippen molar-refractivity contribution in [2.45, 2.75) is 51.1 Å². The minimum absolute atomic E-state index is 0.0442. The average molecular weight is 401 g/mol. The summed E-state index contributed by atoms with van der Waals surface area (Å²) in [4.78, 5) is 14.4. The lowest BCUT2D eigenvalue weighted by Gasteiger charge is -2.33. The first kappa shape index (κ1) is 19.6. The van der Waals surface area contributed by atoms with Gasteiger partial charge >= 0.3 is 12.3 Å². The van der Waals surface area contributed by atoms with E-state index in [4.69, 9.17) is 4.74 Å². The minimum atomic E-state index is -4.37. The van der Waals surface area contributed by atoms with Crippen LogP contribution in [0.3, 0.4) is 0 Å². The van der Waals surface area contributed by atoms with Crippen LogP contribution < -0.4 is 0 Å². The van der Waals surface area contributed by atoms with E-state index in [-0.39, 0.29) is 30.3 Å². The lowest BCUT2D eigenvalue weighted by molar-refractivity contribution is -0.138. The highest BCUT2D eigenvalue weighted by Crippen LogP contribution is 2.42. The lowest BCUT2D eigenvalue weighted by atomic mass is 9.90. The number of hydrogen-bond acceptors (Lipinski definition) is 2. The maximum Gasteiger partial charge on any atom is 0.416 e. The third-order valence-electron chi connectivity index (χ3n) is 5.80. The molecule has 1 saturated heterocycles. The van der Waals surface area contributed by atoms with Gasteiger partial charge in [-0.05, 0) is 54.5 Å². The third kappa shape index (κ3) is 3.88. The second kappa shape index (κ2) is 7.58. The molecule has 0 radical (unpaired) electrons. The van der Waals surface area contributed by atoms with Gasteiger partial charge < -0.3 is 4.74 Å². The number of benzene rings is 2. The van der Waals surface area contributed by atoms with E-state index < -0.39 is 11.7 Å². The molecule has 0 aliphatic carbocycles. The number of ether oxygens (including phenoxy) is 1. The van der Waals surface area contributed by atoms with E-state index in [9.17, 15) is 18.0 Å². The Morgan fingerprint density at radius 3 is 2.55 bits per heavy atom. The van der Waals surface area contributed by atoms with Gasteiger partial charge in [0.1, 0.15) is 6.61 Å². The zero-order valence-corrected chi connectivity index (χ0v) is 16.1. The SMILES string of the molecule is Cc1c(C2=CC3CCC(C2)N3C(=O)OCc2ccccc2)cccc1C(F)(F)F. The van der Waals surface area contributed by atoms with E-state index in [1.165, 1.54) is 13.0 Å². The number of rotatable bonds is 3. The molecule has 2 aliphatic heterocycles. The highest BCUT2D eigenvalue weighted by atomic mass is 19.4. The smallest absolute Gasteiger partial charge is 0.416 e. The fourth-order valence-electron chi connectivity index (χ4n) is 4.40. The standard InChI is InChI=1S/C23H22F3NO2/c1-15-20(8-5-9-21(15)23(24,25)26)17-12-18-10-11-19(13-17)27(18)22(28)29-14-16-6-3-2-4-7-16/h2-9,12,18-19H,10-11,13-14H2,1H3. The summed E-state index contributed by atoms with van der Waals surface area (Å²) in [7, 11) is 0. The maximum absolute atomic E-state index is 13.3. The Hall–Kier alpha value is -2.76. The van der Waals surface area contributed by atoms with E-state index in [2.05, 4.69) is 0 Å². The molecule has 2 bridgehead atoms. The number of halogens is 3. The molecule has 2 aromatic rings. The zero-order chi connectivity index (χ0) is 20.6. The number of fused-ring (bicyclic) bond motifs is 2. The van der Waals surface area contributed by atoms with Crippen LogP contribution in [0.15, 0.2) is 54.6 Å². The predicted molar refractivity (Wildman–Crippen MR) is 104 cm³/mol. The number of carbonyl (C=O) groups excluding carboxylic acids is 1. The van der Waals surface area contributed by atoms with E-state index in [0.717, 1.165) is 30.0 Å². The van der Waals surface area contributed by atoms with Crippen molar-refractivity contribution in [1.29, 1.82) is 0 Å². The van der Waals surface area contributed by atoms with Gasteiger partial charge in [-0.3, -0.25) is 4.90 Å². The Kier molecular flexibility index (Phi) is 5.11.